The number of nitrogens with zero attached hydrogens (tertiary/aromatic N) is 2. The highest BCUT2D eigenvalue weighted by atomic mass is 16.5. The summed E-state index contributed by atoms with van der Waals surface area (Å²) in [6.45, 7) is 0.679. The predicted molar refractivity (Wildman–Crippen MR) is 110 cm³/mol. The van der Waals surface area contributed by atoms with Gasteiger partial charge >= 0.3 is 0 Å². The first-order chi connectivity index (χ1) is 13.8. The van der Waals surface area contributed by atoms with Crippen molar-refractivity contribution in [2.75, 3.05) is 13.7 Å². The molecule has 2 aromatic carbocycles. The largest absolute Gasteiger partial charge is 0.493 e. The molecule has 5 nitrogen and oxygen atoms in total. The van der Waals surface area contributed by atoms with Gasteiger partial charge in [0.25, 0.3) is 0 Å². The van der Waals surface area contributed by atoms with E-state index in [9.17, 15) is 5.11 Å². The van der Waals surface area contributed by atoms with Gasteiger partial charge in [0.05, 0.1) is 24.7 Å². The third-order valence-corrected chi connectivity index (χ3v) is 5.55. The zero-order valence-corrected chi connectivity index (χ0v) is 16.4. The van der Waals surface area contributed by atoms with E-state index in [2.05, 4.69) is 16.7 Å². The molecule has 1 aliphatic carbocycles. The molecular weight excluding hydrogens is 352 g/mol. The summed E-state index contributed by atoms with van der Waals surface area (Å²) < 4.78 is 13.3. The van der Waals surface area contributed by atoms with Crippen molar-refractivity contribution in [2.45, 2.75) is 50.7 Å². The van der Waals surface area contributed by atoms with E-state index in [-0.39, 0.29) is 6.61 Å². The van der Waals surface area contributed by atoms with Crippen molar-refractivity contribution in [2.24, 2.45) is 0 Å². The average molecular weight is 380 g/mol. The molecule has 1 N–H and O–H groups in total. The number of aliphatic hydroxyl groups is 1. The van der Waals surface area contributed by atoms with Crippen molar-refractivity contribution in [3.8, 4) is 11.5 Å². The third kappa shape index (κ3) is 3.99. The third-order valence-electron chi connectivity index (χ3n) is 5.55. The summed E-state index contributed by atoms with van der Waals surface area (Å²) in [5.74, 6) is 2.90. The second-order valence-electron chi connectivity index (χ2n) is 7.52. The number of hydrogen-bond donors (Lipinski definition) is 1. The number of aliphatic hydroxyl groups excluding tert-OH is 1. The van der Waals surface area contributed by atoms with E-state index in [0.717, 1.165) is 16.9 Å². The highest BCUT2D eigenvalue weighted by Crippen LogP contribution is 2.34. The van der Waals surface area contributed by atoms with Gasteiger partial charge in [-0.1, -0.05) is 43.5 Å². The van der Waals surface area contributed by atoms with Crippen LogP contribution in [0.2, 0.25) is 0 Å². The van der Waals surface area contributed by atoms with Crippen molar-refractivity contribution < 1.29 is 14.6 Å². The van der Waals surface area contributed by atoms with Gasteiger partial charge in [0, 0.05) is 5.92 Å². The van der Waals surface area contributed by atoms with Gasteiger partial charge in [0.2, 0.25) is 0 Å². The molecule has 1 atom stereocenters. The minimum Gasteiger partial charge on any atom is -0.493 e. The van der Waals surface area contributed by atoms with Crippen molar-refractivity contribution in [3.63, 3.8) is 0 Å². The highest BCUT2D eigenvalue weighted by Gasteiger charge is 2.23. The highest BCUT2D eigenvalue weighted by molar-refractivity contribution is 5.76. The van der Waals surface area contributed by atoms with Gasteiger partial charge in [-0.25, -0.2) is 4.98 Å². The first kappa shape index (κ1) is 18.8. The maximum Gasteiger partial charge on any atom is 0.161 e. The number of methoxy groups -OCH3 is 1. The van der Waals surface area contributed by atoms with Crippen LogP contribution in [-0.2, 0) is 6.54 Å². The molecule has 1 aliphatic rings. The van der Waals surface area contributed by atoms with Crippen LogP contribution in [0, 0.1) is 0 Å². The van der Waals surface area contributed by atoms with Crippen LogP contribution >= 0.6 is 0 Å². The van der Waals surface area contributed by atoms with Gasteiger partial charge in [-0.15, -0.1) is 0 Å². The van der Waals surface area contributed by atoms with Crippen molar-refractivity contribution in [1.82, 2.24) is 9.55 Å². The summed E-state index contributed by atoms with van der Waals surface area (Å²) in [5, 5.41) is 10.7. The number of rotatable bonds is 7. The average Bonchev–Trinajstić information content (AvgIpc) is 3.11. The first-order valence-electron chi connectivity index (χ1n) is 10.2. The molecule has 1 heterocycles. The SMILES string of the molecule is COc1ccccc1OC[C@H](O)Cn1c(C2CCCCC2)nc2ccccc21. The molecule has 0 bridgehead atoms. The zero-order chi connectivity index (χ0) is 19.3. The molecule has 0 amide bonds. The quantitative estimate of drug-likeness (QED) is 0.654. The van der Waals surface area contributed by atoms with Gasteiger partial charge in [0.15, 0.2) is 11.5 Å². The first-order valence-corrected chi connectivity index (χ1v) is 10.2. The van der Waals surface area contributed by atoms with E-state index in [1.807, 2.05) is 36.4 Å². The van der Waals surface area contributed by atoms with Crippen LogP contribution in [0.3, 0.4) is 0 Å². The lowest BCUT2D eigenvalue weighted by atomic mass is 9.88. The van der Waals surface area contributed by atoms with Crippen molar-refractivity contribution in [1.29, 1.82) is 0 Å². The van der Waals surface area contributed by atoms with Crippen LogP contribution in [0.5, 0.6) is 11.5 Å². The van der Waals surface area contributed by atoms with Crippen molar-refractivity contribution >= 4 is 11.0 Å². The number of ether oxygens (including phenoxy) is 2. The number of imidazole rings is 1. The lowest BCUT2D eigenvalue weighted by Gasteiger charge is -2.23. The Hall–Kier alpha value is -2.53. The fourth-order valence-electron chi connectivity index (χ4n) is 4.15. The Labute approximate surface area is 165 Å². The molecule has 28 heavy (non-hydrogen) atoms. The van der Waals surface area contributed by atoms with Crippen LogP contribution in [-0.4, -0.2) is 34.5 Å². The van der Waals surface area contributed by atoms with E-state index in [4.69, 9.17) is 14.5 Å². The van der Waals surface area contributed by atoms with Crippen LogP contribution in [0.4, 0.5) is 0 Å². The van der Waals surface area contributed by atoms with Gasteiger partial charge in [-0.05, 0) is 37.1 Å². The molecule has 1 aromatic heterocycles. The lowest BCUT2D eigenvalue weighted by molar-refractivity contribution is 0.0907. The number of benzene rings is 2. The van der Waals surface area contributed by atoms with E-state index < -0.39 is 6.10 Å². The number of fused-ring (bicyclic) bond motifs is 1. The summed E-state index contributed by atoms with van der Waals surface area (Å²) >= 11 is 0. The van der Waals surface area contributed by atoms with Crippen LogP contribution in [0.25, 0.3) is 11.0 Å². The predicted octanol–water partition coefficient (Wildman–Crippen LogP) is 4.53. The minimum absolute atomic E-state index is 0.205. The molecule has 148 valence electrons. The van der Waals surface area contributed by atoms with E-state index >= 15 is 0 Å². The van der Waals surface area contributed by atoms with E-state index in [1.165, 1.54) is 32.1 Å². The minimum atomic E-state index is -0.634. The fourth-order valence-corrected chi connectivity index (χ4v) is 4.15. The molecule has 4 rings (SSSR count). The molecule has 0 spiro atoms. The molecule has 0 saturated heterocycles. The Morgan fingerprint density at radius 1 is 1.04 bits per heavy atom. The second-order valence-corrected chi connectivity index (χ2v) is 7.52. The zero-order valence-electron chi connectivity index (χ0n) is 16.4. The Morgan fingerprint density at radius 2 is 1.75 bits per heavy atom. The normalized spacial score (nSPS) is 16.2. The van der Waals surface area contributed by atoms with E-state index in [0.29, 0.717) is 24.0 Å². The maximum absolute atomic E-state index is 10.7. The van der Waals surface area contributed by atoms with Crippen LogP contribution in [0.1, 0.15) is 43.8 Å². The molecule has 5 heteroatoms. The van der Waals surface area contributed by atoms with Gasteiger partial charge in [-0.3, -0.25) is 0 Å². The summed E-state index contributed by atoms with van der Waals surface area (Å²) in [5.41, 5.74) is 2.08. The maximum atomic E-state index is 10.7. The fraction of sp³-hybridized carbons (Fsp3) is 0.435. The Morgan fingerprint density at radius 3 is 2.54 bits per heavy atom. The molecule has 0 aliphatic heterocycles. The summed E-state index contributed by atoms with van der Waals surface area (Å²) in [4.78, 5) is 4.93. The van der Waals surface area contributed by atoms with Gasteiger partial charge in [0.1, 0.15) is 18.5 Å². The topological polar surface area (TPSA) is 56.5 Å². The molecule has 3 aromatic rings. The monoisotopic (exact) mass is 380 g/mol. The smallest absolute Gasteiger partial charge is 0.161 e. The lowest BCUT2D eigenvalue weighted by Crippen LogP contribution is -2.25. The molecular formula is C23H28N2O3. The van der Waals surface area contributed by atoms with Gasteiger partial charge in [-0.2, -0.15) is 0 Å². The Kier molecular flexibility index (Phi) is 5.81. The molecule has 0 unspecified atom stereocenters. The summed E-state index contributed by atoms with van der Waals surface area (Å²) in [7, 11) is 1.62. The number of para-hydroxylation sites is 4. The Bertz CT molecular complexity index is 915. The number of aromatic nitrogens is 2. The van der Waals surface area contributed by atoms with Gasteiger partial charge < -0.3 is 19.1 Å². The van der Waals surface area contributed by atoms with Crippen molar-refractivity contribution in [3.05, 3.63) is 54.4 Å². The van der Waals surface area contributed by atoms with E-state index in [1.54, 1.807) is 7.11 Å². The number of hydrogen-bond acceptors (Lipinski definition) is 4. The van der Waals surface area contributed by atoms with Crippen LogP contribution in [0.15, 0.2) is 48.5 Å². The van der Waals surface area contributed by atoms with Crippen LogP contribution < -0.4 is 9.47 Å². The second kappa shape index (κ2) is 8.65. The molecule has 0 radical (unpaired) electrons. The Balaban J connectivity index is 1.53. The molecule has 1 saturated carbocycles. The standard InChI is InChI=1S/C23H28N2O3/c1-27-21-13-7-8-14-22(21)28-16-18(26)15-25-20-12-6-5-11-19(20)24-23(25)17-9-3-2-4-10-17/h5-8,11-14,17-18,26H,2-4,9-10,15-16H2,1H3/t18-/m1/s1. The summed E-state index contributed by atoms with van der Waals surface area (Å²) in [6, 6.07) is 15.7. The summed E-state index contributed by atoms with van der Waals surface area (Å²) in [6.07, 6.45) is 5.55. The molecule has 1 fully saturated rings.